The maximum absolute atomic E-state index is 11.8. The lowest BCUT2D eigenvalue weighted by Gasteiger charge is -2.13. The quantitative estimate of drug-likeness (QED) is 0.656. The Morgan fingerprint density at radius 2 is 1.93 bits per heavy atom. The fraction of sp³-hybridized carbons (Fsp3) is 0.333. The van der Waals surface area contributed by atoms with Gasteiger partial charge < -0.3 is 9.47 Å². The summed E-state index contributed by atoms with van der Waals surface area (Å²) in [6.45, 7) is 5.38. The summed E-state index contributed by atoms with van der Waals surface area (Å²) in [6.07, 6.45) is 2.13. The van der Waals surface area contributed by atoms with Crippen LogP contribution in [0.5, 0.6) is 11.8 Å². The van der Waals surface area contributed by atoms with Gasteiger partial charge >= 0.3 is 0 Å². The summed E-state index contributed by atoms with van der Waals surface area (Å²) in [5, 5.41) is 0. The summed E-state index contributed by atoms with van der Waals surface area (Å²) in [4.78, 5) is 15.8. The van der Waals surface area contributed by atoms with Crippen LogP contribution in [0.1, 0.15) is 35.6 Å². The number of fused-ring (bicyclic) bond motifs is 1. The van der Waals surface area contributed by atoms with E-state index in [1.807, 2.05) is 16.7 Å². The van der Waals surface area contributed by atoms with Gasteiger partial charge in [0.25, 0.3) is 11.6 Å². The third-order valence-electron chi connectivity index (χ3n) is 5.88. The molecule has 3 aromatic rings. The van der Waals surface area contributed by atoms with Crippen molar-refractivity contribution in [2.75, 3.05) is 6.61 Å². The van der Waals surface area contributed by atoms with Crippen LogP contribution in [0.15, 0.2) is 53.3 Å². The van der Waals surface area contributed by atoms with Crippen molar-refractivity contribution < 1.29 is 9.47 Å². The Morgan fingerprint density at radius 1 is 1.14 bits per heavy atom. The average molecular weight is 388 g/mol. The molecule has 1 aliphatic heterocycles. The van der Waals surface area contributed by atoms with E-state index in [0.717, 1.165) is 24.3 Å². The lowest BCUT2D eigenvalue weighted by Crippen LogP contribution is -2.23. The van der Waals surface area contributed by atoms with Gasteiger partial charge in [-0.05, 0) is 67.0 Å². The monoisotopic (exact) mass is 388 g/mol. The predicted molar refractivity (Wildman–Crippen MR) is 112 cm³/mol. The van der Waals surface area contributed by atoms with Crippen LogP contribution < -0.4 is 15.0 Å². The van der Waals surface area contributed by atoms with E-state index in [2.05, 4.69) is 49.2 Å². The topological polar surface area (TPSA) is 53.4 Å². The lowest BCUT2D eigenvalue weighted by molar-refractivity contribution is 0.143. The first-order valence-corrected chi connectivity index (χ1v) is 10.2. The van der Waals surface area contributed by atoms with E-state index in [-0.39, 0.29) is 11.7 Å². The van der Waals surface area contributed by atoms with E-state index >= 15 is 0 Å². The first kappa shape index (κ1) is 18.0. The van der Waals surface area contributed by atoms with E-state index in [1.54, 1.807) is 6.07 Å². The van der Waals surface area contributed by atoms with Crippen LogP contribution >= 0.6 is 0 Å². The molecule has 1 unspecified atom stereocenters. The fourth-order valence-electron chi connectivity index (χ4n) is 3.95. The van der Waals surface area contributed by atoms with Gasteiger partial charge in [0, 0.05) is 11.8 Å². The van der Waals surface area contributed by atoms with E-state index in [4.69, 9.17) is 9.47 Å². The lowest BCUT2D eigenvalue weighted by atomic mass is 9.97. The normalized spacial score (nSPS) is 17.7. The van der Waals surface area contributed by atoms with E-state index < -0.39 is 0 Å². The number of hydrogen-bond acceptors (Lipinski definition) is 4. The summed E-state index contributed by atoms with van der Waals surface area (Å²) in [6, 6.07) is 16.6. The molecule has 1 fully saturated rings. The van der Waals surface area contributed by atoms with Crippen LogP contribution in [0.3, 0.4) is 0 Å². The third kappa shape index (κ3) is 3.53. The summed E-state index contributed by atoms with van der Waals surface area (Å²) in [7, 11) is 0. The first-order chi connectivity index (χ1) is 14.1. The van der Waals surface area contributed by atoms with Crippen molar-refractivity contribution in [3.63, 3.8) is 0 Å². The molecule has 0 amide bonds. The predicted octanol–water partition coefficient (Wildman–Crippen LogP) is 4.24. The Bertz CT molecular complexity index is 1110. The number of benzene rings is 2. The van der Waals surface area contributed by atoms with E-state index in [0.29, 0.717) is 25.1 Å². The second-order valence-electron chi connectivity index (χ2n) is 8.01. The van der Waals surface area contributed by atoms with Gasteiger partial charge in [0.1, 0.15) is 12.4 Å². The zero-order valence-corrected chi connectivity index (χ0v) is 16.7. The maximum atomic E-state index is 11.8. The number of nitrogens with zero attached hydrogens (tertiary/aromatic N) is 2. The Hall–Kier alpha value is -3.08. The molecule has 0 N–H and O–H groups in total. The van der Waals surface area contributed by atoms with Gasteiger partial charge in [0.05, 0.1) is 6.54 Å². The molecule has 5 heteroatoms. The van der Waals surface area contributed by atoms with Crippen LogP contribution in [-0.2, 0) is 6.54 Å². The smallest absolute Gasteiger partial charge is 0.300 e. The average Bonchev–Trinajstić information content (AvgIpc) is 3.48. The highest BCUT2D eigenvalue weighted by molar-refractivity contribution is 5.68. The summed E-state index contributed by atoms with van der Waals surface area (Å²) in [5.74, 6) is 1.29. The molecule has 0 saturated heterocycles. The highest BCUT2D eigenvalue weighted by Gasteiger charge is 2.33. The van der Waals surface area contributed by atoms with Gasteiger partial charge in [0.15, 0.2) is 6.10 Å². The van der Waals surface area contributed by atoms with Crippen molar-refractivity contribution in [2.45, 2.75) is 45.3 Å². The minimum absolute atomic E-state index is 0.138. The van der Waals surface area contributed by atoms with Crippen LogP contribution in [0.4, 0.5) is 0 Å². The molecule has 148 valence electrons. The second kappa shape index (κ2) is 7.07. The van der Waals surface area contributed by atoms with Crippen molar-refractivity contribution in [3.05, 3.63) is 75.7 Å². The molecule has 2 heterocycles. The summed E-state index contributed by atoms with van der Waals surface area (Å²) in [5.41, 5.74) is 5.85. The molecule has 5 rings (SSSR count). The van der Waals surface area contributed by atoms with Crippen molar-refractivity contribution in [3.8, 4) is 22.9 Å². The second-order valence-corrected chi connectivity index (χ2v) is 8.01. The zero-order valence-electron chi connectivity index (χ0n) is 16.7. The van der Waals surface area contributed by atoms with Crippen molar-refractivity contribution >= 4 is 0 Å². The standard InChI is InChI=1S/C24H24N2O3/c1-15-4-3-5-21(16(15)2)17-8-10-19(11-9-17)28-14-20-13-26-22(18-6-7-18)12-23(27)25-24(26)29-20/h3-5,8-12,18,20H,6-7,13-14H2,1-2H3. The van der Waals surface area contributed by atoms with E-state index in [1.165, 1.54) is 22.3 Å². The molecule has 1 saturated carbocycles. The Balaban J connectivity index is 1.26. The number of hydrogen-bond donors (Lipinski definition) is 0. The van der Waals surface area contributed by atoms with Gasteiger partial charge in [-0.2, -0.15) is 4.98 Å². The molecule has 0 spiro atoms. The third-order valence-corrected chi connectivity index (χ3v) is 5.88. The molecule has 2 aliphatic rings. The largest absolute Gasteiger partial charge is 0.490 e. The molecule has 2 aromatic carbocycles. The molecule has 0 radical (unpaired) electrons. The Labute approximate surface area is 169 Å². The minimum Gasteiger partial charge on any atom is -0.490 e. The number of aromatic nitrogens is 2. The SMILES string of the molecule is Cc1cccc(-c2ccc(OCC3Cn4c(C5CC5)cc(=O)nc4O3)cc2)c1C. The summed E-state index contributed by atoms with van der Waals surface area (Å²) >= 11 is 0. The highest BCUT2D eigenvalue weighted by Crippen LogP contribution is 2.41. The molecular formula is C24H24N2O3. The van der Waals surface area contributed by atoms with Gasteiger partial charge in [-0.3, -0.25) is 9.36 Å². The number of ether oxygens (including phenoxy) is 2. The van der Waals surface area contributed by atoms with Gasteiger partial charge in [-0.25, -0.2) is 0 Å². The Kier molecular flexibility index (Phi) is 4.38. The van der Waals surface area contributed by atoms with Crippen molar-refractivity contribution in [1.29, 1.82) is 0 Å². The maximum Gasteiger partial charge on any atom is 0.300 e. The van der Waals surface area contributed by atoms with Crippen molar-refractivity contribution in [2.24, 2.45) is 0 Å². The molecule has 1 atom stereocenters. The minimum atomic E-state index is -0.221. The van der Waals surface area contributed by atoms with Gasteiger partial charge in [-0.15, -0.1) is 0 Å². The number of aryl methyl sites for hydroxylation is 1. The van der Waals surface area contributed by atoms with Gasteiger partial charge in [-0.1, -0.05) is 30.3 Å². The van der Waals surface area contributed by atoms with Crippen LogP contribution in [0, 0.1) is 13.8 Å². The zero-order chi connectivity index (χ0) is 20.0. The van der Waals surface area contributed by atoms with Crippen molar-refractivity contribution in [1.82, 2.24) is 9.55 Å². The molecule has 0 bridgehead atoms. The van der Waals surface area contributed by atoms with E-state index in [9.17, 15) is 4.79 Å². The fourth-order valence-corrected chi connectivity index (χ4v) is 3.95. The van der Waals surface area contributed by atoms with Crippen LogP contribution in [0.25, 0.3) is 11.1 Å². The molecule has 29 heavy (non-hydrogen) atoms. The summed E-state index contributed by atoms with van der Waals surface area (Å²) < 4.78 is 13.9. The van der Waals surface area contributed by atoms with Crippen LogP contribution in [0.2, 0.25) is 0 Å². The molecular weight excluding hydrogens is 364 g/mol. The molecule has 5 nitrogen and oxygen atoms in total. The van der Waals surface area contributed by atoms with Gasteiger partial charge in [0.2, 0.25) is 0 Å². The highest BCUT2D eigenvalue weighted by atomic mass is 16.6. The number of rotatable bonds is 5. The molecule has 1 aliphatic carbocycles. The Morgan fingerprint density at radius 3 is 2.69 bits per heavy atom. The van der Waals surface area contributed by atoms with Crippen LogP contribution in [-0.4, -0.2) is 22.3 Å². The molecule has 1 aromatic heterocycles. The first-order valence-electron chi connectivity index (χ1n) is 10.2.